The summed E-state index contributed by atoms with van der Waals surface area (Å²) in [4.78, 5) is 12.1. The van der Waals surface area contributed by atoms with E-state index < -0.39 is 0 Å². The lowest BCUT2D eigenvalue weighted by Gasteiger charge is -2.18. The number of hydrogen-bond acceptors (Lipinski definition) is 2. The van der Waals surface area contributed by atoms with Crippen LogP contribution < -0.4 is 5.32 Å². The van der Waals surface area contributed by atoms with Gasteiger partial charge in [-0.05, 0) is 35.8 Å². The van der Waals surface area contributed by atoms with Crippen molar-refractivity contribution in [1.82, 2.24) is 5.32 Å². The zero-order valence-corrected chi connectivity index (χ0v) is 10.8. The number of benzene rings is 1. The van der Waals surface area contributed by atoms with Crippen LogP contribution in [0.25, 0.3) is 0 Å². The van der Waals surface area contributed by atoms with E-state index in [0.29, 0.717) is 5.92 Å². The van der Waals surface area contributed by atoms with Gasteiger partial charge in [0, 0.05) is 5.38 Å². The van der Waals surface area contributed by atoms with E-state index in [-0.39, 0.29) is 11.9 Å². The molecule has 1 atom stereocenters. The quantitative estimate of drug-likeness (QED) is 0.890. The summed E-state index contributed by atoms with van der Waals surface area (Å²) in [5, 5.41) is 6.99. The molecule has 2 aromatic rings. The Hall–Kier alpha value is -1.61. The molecule has 1 aromatic carbocycles. The van der Waals surface area contributed by atoms with Gasteiger partial charge in [0.15, 0.2) is 0 Å². The summed E-state index contributed by atoms with van der Waals surface area (Å²) in [6.45, 7) is 0. The number of hydrogen-bond donors (Lipinski definition) is 1. The van der Waals surface area contributed by atoms with E-state index in [9.17, 15) is 4.79 Å². The standard InChI is InChI=1S/C15H15NOS/c17-15(13-8-9-18-10-13)16-14(12-6-7-12)11-4-2-1-3-5-11/h1-5,8-10,12,14H,6-7H2,(H,16,17). The van der Waals surface area contributed by atoms with Crippen molar-refractivity contribution in [1.29, 1.82) is 0 Å². The van der Waals surface area contributed by atoms with E-state index >= 15 is 0 Å². The Labute approximate surface area is 111 Å². The van der Waals surface area contributed by atoms with Gasteiger partial charge in [-0.25, -0.2) is 0 Å². The van der Waals surface area contributed by atoms with Crippen molar-refractivity contribution in [3.8, 4) is 0 Å². The van der Waals surface area contributed by atoms with Gasteiger partial charge in [0.1, 0.15) is 0 Å². The van der Waals surface area contributed by atoms with E-state index in [1.54, 1.807) is 11.3 Å². The van der Waals surface area contributed by atoms with E-state index in [0.717, 1.165) is 5.56 Å². The number of carbonyl (C=O) groups excluding carboxylic acids is 1. The molecule has 0 radical (unpaired) electrons. The van der Waals surface area contributed by atoms with Crippen molar-refractivity contribution < 1.29 is 4.79 Å². The third-order valence-electron chi connectivity index (χ3n) is 3.32. The molecule has 1 saturated carbocycles. The van der Waals surface area contributed by atoms with E-state index in [4.69, 9.17) is 0 Å². The zero-order valence-electron chi connectivity index (χ0n) is 10.0. The number of thiophene rings is 1. The molecular formula is C15H15NOS. The van der Waals surface area contributed by atoms with Gasteiger partial charge in [-0.1, -0.05) is 30.3 Å². The van der Waals surface area contributed by atoms with Crippen molar-refractivity contribution in [2.45, 2.75) is 18.9 Å². The smallest absolute Gasteiger partial charge is 0.252 e. The highest BCUT2D eigenvalue weighted by Crippen LogP contribution is 2.41. The fourth-order valence-corrected chi connectivity index (χ4v) is 2.82. The Morgan fingerprint density at radius 3 is 2.61 bits per heavy atom. The summed E-state index contributed by atoms with van der Waals surface area (Å²) in [5.41, 5.74) is 1.98. The Morgan fingerprint density at radius 2 is 2.00 bits per heavy atom. The molecule has 1 unspecified atom stereocenters. The second kappa shape index (κ2) is 4.94. The number of carbonyl (C=O) groups is 1. The van der Waals surface area contributed by atoms with Gasteiger partial charge < -0.3 is 5.32 Å². The normalized spacial score (nSPS) is 16.2. The van der Waals surface area contributed by atoms with Crippen molar-refractivity contribution in [2.75, 3.05) is 0 Å². The highest BCUT2D eigenvalue weighted by molar-refractivity contribution is 7.08. The first-order chi connectivity index (χ1) is 8.84. The lowest BCUT2D eigenvalue weighted by molar-refractivity contribution is 0.0932. The fraction of sp³-hybridized carbons (Fsp3) is 0.267. The van der Waals surface area contributed by atoms with Crippen molar-refractivity contribution in [3.63, 3.8) is 0 Å². The van der Waals surface area contributed by atoms with Crippen LogP contribution in [0.2, 0.25) is 0 Å². The third kappa shape index (κ3) is 2.46. The number of rotatable bonds is 4. The molecule has 1 heterocycles. The summed E-state index contributed by atoms with van der Waals surface area (Å²) in [6.07, 6.45) is 2.42. The summed E-state index contributed by atoms with van der Waals surface area (Å²) >= 11 is 1.55. The van der Waals surface area contributed by atoms with Gasteiger partial charge in [0.05, 0.1) is 11.6 Å². The average Bonchev–Trinajstić information content (AvgIpc) is 3.10. The van der Waals surface area contributed by atoms with Gasteiger partial charge >= 0.3 is 0 Å². The predicted octanol–water partition coefficient (Wildman–Crippen LogP) is 3.63. The molecule has 3 heteroatoms. The summed E-state index contributed by atoms with van der Waals surface area (Å²) in [6, 6.07) is 12.3. The van der Waals surface area contributed by atoms with Gasteiger partial charge in [0.2, 0.25) is 0 Å². The molecule has 92 valence electrons. The first kappa shape index (κ1) is 11.5. The van der Waals surface area contributed by atoms with Crippen LogP contribution in [0, 0.1) is 5.92 Å². The summed E-state index contributed by atoms with van der Waals surface area (Å²) in [5.74, 6) is 0.645. The maximum absolute atomic E-state index is 12.1. The maximum atomic E-state index is 12.1. The molecule has 0 spiro atoms. The second-order valence-corrected chi connectivity index (χ2v) is 5.49. The second-order valence-electron chi connectivity index (χ2n) is 4.71. The monoisotopic (exact) mass is 257 g/mol. The van der Waals surface area contributed by atoms with Crippen molar-refractivity contribution >= 4 is 17.2 Å². The highest BCUT2D eigenvalue weighted by Gasteiger charge is 2.33. The summed E-state index contributed by atoms with van der Waals surface area (Å²) in [7, 11) is 0. The minimum atomic E-state index is 0.0389. The Morgan fingerprint density at radius 1 is 1.22 bits per heavy atom. The molecule has 1 N–H and O–H groups in total. The minimum Gasteiger partial charge on any atom is -0.345 e. The van der Waals surface area contributed by atoms with Crippen LogP contribution in [0.15, 0.2) is 47.2 Å². The largest absolute Gasteiger partial charge is 0.345 e. The highest BCUT2D eigenvalue weighted by atomic mass is 32.1. The molecule has 1 aliphatic rings. The number of amides is 1. The van der Waals surface area contributed by atoms with E-state index in [2.05, 4.69) is 17.4 Å². The van der Waals surface area contributed by atoms with E-state index in [1.807, 2.05) is 35.0 Å². The van der Waals surface area contributed by atoms with Crippen LogP contribution in [-0.2, 0) is 0 Å². The minimum absolute atomic E-state index is 0.0389. The molecular weight excluding hydrogens is 242 g/mol. The van der Waals surface area contributed by atoms with Gasteiger partial charge in [-0.3, -0.25) is 4.79 Å². The predicted molar refractivity (Wildman–Crippen MR) is 73.7 cm³/mol. The summed E-state index contributed by atoms with van der Waals surface area (Å²) < 4.78 is 0. The van der Waals surface area contributed by atoms with Gasteiger partial charge in [-0.2, -0.15) is 11.3 Å². The number of nitrogens with one attached hydrogen (secondary N) is 1. The first-order valence-electron chi connectivity index (χ1n) is 6.22. The Kier molecular flexibility index (Phi) is 3.15. The van der Waals surface area contributed by atoms with Crippen LogP contribution in [0.1, 0.15) is 34.8 Å². The van der Waals surface area contributed by atoms with Gasteiger partial charge in [0.25, 0.3) is 5.91 Å². The first-order valence-corrected chi connectivity index (χ1v) is 7.17. The van der Waals surface area contributed by atoms with Crippen molar-refractivity contribution in [3.05, 3.63) is 58.3 Å². The third-order valence-corrected chi connectivity index (χ3v) is 4.01. The molecule has 1 aromatic heterocycles. The lowest BCUT2D eigenvalue weighted by atomic mass is 10.0. The molecule has 2 nitrogen and oxygen atoms in total. The Balaban J connectivity index is 1.77. The molecule has 1 aliphatic carbocycles. The van der Waals surface area contributed by atoms with Crippen LogP contribution in [0.4, 0.5) is 0 Å². The molecule has 0 aliphatic heterocycles. The molecule has 1 fully saturated rings. The zero-order chi connectivity index (χ0) is 12.4. The van der Waals surface area contributed by atoms with Gasteiger partial charge in [-0.15, -0.1) is 0 Å². The molecule has 0 bridgehead atoms. The SMILES string of the molecule is O=C(NC(c1ccccc1)C1CC1)c1ccsc1. The average molecular weight is 257 g/mol. The van der Waals surface area contributed by atoms with Crippen LogP contribution >= 0.6 is 11.3 Å². The van der Waals surface area contributed by atoms with Crippen molar-refractivity contribution in [2.24, 2.45) is 5.92 Å². The topological polar surface area (TPSA) is 29.1 Å². The molecule has 0 saturated heterocycles. The van der Waals surface area contributed by atoms with Crippen LogP contribution in [0.3, 0.4) is 0 Å². The maximum Gasteiger partial charge on any atom is 0.252 e. The molecule has 1 amide bonds. The van der Waals surface area contributed by atoms with E-state index in [1.165, 1.54) is 18.4 Å². The molecule has 3 rings (SSSR count). The Bertz CT molecular complexity index is 517. The van der Waals surface area contributed by atoms with Crippen LogP contribution in [-0.4, -0.2) is 5.91 Å². The van der Waals surface area contributed by atoms with Crippen LogP contribution in [0.5, 0.6) is 0 Å². The lowest BCUT2D eigenvalue weighted by Crippen LogP contribution is -2.29. The fourth-order valence-electron chi connectivity index (χ4n) is 2.18. The molecule has 18 heavy (non-hydrogen) atoms.